The molecule has 1 N–H and O–H groups in total. The van der Waals surface area contributed by atoms with Crippen LogP contribution in [0.3, 0.4) is 0 Å². The molecule has 0 aliphatic heterocycles. The van der Waals surface area contributed by atoms with Gasteiger partial charge in [-0.2, -0.15) is 5.10 Å². The van der Waals surface area contributed by atoms with Crippen LogP contribution in [0.5, 0.6) is 5.75 Å². The smallest absolute Gasteiger partial charge is 0.264 e. The van der Waals surface area contributed by atoms with Gasteiger partial charge in [0.2, 0.25) is 0 Å². The molecule has 0 radical (unpaired) electrons. The van der Waals surface area contributed by atoms with E-state index in [-0.39, 0.29) is 4.90 Å². The summed E-state index contributed by atoms with van der Waals surface area (Å²) in [7, 11) is -2.50. The molecule has 202 valence electrons. The van der Waals surface area contributed by atoms with Gasteiger partial charge in [0.1, 0.15) is 12.3 Å². The van der Waals surface area contributed by atoms with Crippen molar-refractivity contribution in [2.24, 2.45) is 5.10 Å². The van der Waals surface area contributed by atoms with Gasteiger partial charge in [0.25, 0.3) is 15.9 Å². The molecule has 0 fully saturated rings. The van der Waals surface area contributed by atoms with Gasteiger partial charge in [-0.25, -0.2) is 13.8 Å². The van der Waals surface area contributed by atoms with Crippen LogP contribution in [-0.4, -0.2) is 38.8 Å². The molecule has 1 amide bonds. The van der Waals surface area contributed by atoms with E-state index in [1.807, 2.05) is 39.0 Å². The molecule has 4 rings (SSSR count). The first-order chi connectivity index (χ1) is 18.6. The zero-order valence-electron chi connectivity index (χ0n) is 22.7. The van der Waals surface area contributed by atoms with Gasteiger partial charge >= 0.3 is 0 Å². The van der Waals surface area contributed by atoms with Crippen LogP contribution in [0.15, 0.2) is 88.9 Å². The Hall–Kier alpha value is -4.37. The standard InChI is InChI=1S/C30H32N4O4S/c1-21-10-16-28(17-11-21)39(36,37)33(26-12-14-27(38-5)15-13-26)20-30(35)32-31-19-25-18-23(3)34(24(25)4)29-9-7-6-8-22(29)2/h6-19H,20H2,1-5H3,(H,32,35)/b31-19-. The lowest BCUT2D eigenvalue weighted by Gasteiger charge is -2.24. The van der Waals surface area contributed by atoms with Gasteiger partial charge in [-0.15, -0.1) is 0 Å². The van der Waals surface area contributed by atoms with Crippen LogP contribution in [0.2, 0.25) is 0 Å². The highest BCUT2D eigenvalue weighted by Gasteiger charge is 2.27. The third-order valence-corrected chi connectivity index (χ3v) is 8.26. The van der Waals surface area contributed by atoms with Crippen molar-refractivity contribution < 1.29 is 17.9 Å². The minimum atomic E-state index is -4.03. The van der Waals surface area contributed by atoms with Crippen LogP contribution >= 0.6 is 0 Å². The van der Waals surface area contributed by atoms with Gasteiger partial charge in [0.05, 0.1) is 23.9 Å². The first-order valence-electron chi connectivity index (χ1n) is 12.4. The SMILES string of the molecule is COc1ccc(N(CC(=O)N/N=C\c2cc(C)n(-c3ccccc3C)c2C)S(=O)(=O)c2ccc(C)cc2)cc1. The Labute approximate surface area is 229 Å². The van der Waals surface area contributed by atoms with Crippen molar-refractivity contribution in [3.8, 4) is 11.4 Å². The minimum Gasteiger partial charge on any atom is -0.497 e. The van der Waals surface area contributed by atoms with Crippen molar-refractivity contribution in [2.45, 2.75) is 32.6 Å². The number of aromatic nitrogens is 1. The van der Waals surface area contributed by atoms with Gasteiger partial charge < -0.3 is 9.30 Å². The maximum Gasteiger partial charge on any atom is 0.264 e. The van der Waals surface area contributed by atoms with E-state index in [9.17, 15) is 13.2 Å². The molecule has 0 atom stereocenters. The number of anilines is 1. The fourth-order valence-electron chi connectivity index (χ4n) is 4.34. The normalized spacial score (nSPS) is 11.5. The number of carbonyl (C=O) groups excluding carboxylic acids is 1. The molecule has 9 heteroatoms. The second-order valence-electron chi connectivity index (χ2n) is 9.26. The average Bonchev–Trinajstić information content (AvgIpc) is 3.20. The van der Waals surface area contributed by atoms with Crippen LogP contribution in [0.25, 0.3) is 5.69 Å². The van der Waals surface area contributed by atoms with Crippen LogP contribution in [0.4, 0.5) is 5.69 Å². The van der Waals surface area contributed by atoms with Gasteiger partial charge in [0.15, 0.2) is 0 Å². The predicted molar refractivity (Wildman–Crippen MR) is 154 cm³/mol. The van der Waals surface area contributed by atoms with E-state index < -0.39 is 22.5 Å². The van der Waals surface area contributed by atoms with Crippen molar-refractivity contribution in [3.63, 3.8) is 0 Å². The van der Waals surface area contributed by atoms with Gasteiger partial charge in [-0.1, -0.05) is 35.9 Å². The largest absolute Gasteiger partial charge is 0.497 e. The number of aryl methyl sites for hydroxylation is 3. The number of amides is 1. The number of para-hydroxylation sites is 1. The van der Waals surface area contributed by atoms with Crippen LogP contribution < -0.4 is 14.5 Å². The lowest BCUT2D eigenvalue weighted by molar-refractivity contribution is -0.119. The summed E-state index contributed by atoms with van der Waals surface area (Å²) in [6.45, 7) is 7.48. The molecule has 0 aliphatic carbocycles. The van der Waals surface area contributed by atoms with Crippen molar-refractivity contribution in [1.82, 2.24) is 9.99 Å². The Kier molecular flexibility index (Phi) is 8.21. The molecule has 3 aromatic carbocycles. The maximum absolute atomic E-state index is 13.5. The summed E-state index contributed by atoms with van der Waals surface area (Å²) in [5, 5.41) is 4.13. The zero-order chi connectivity index (χ0) is 28.2. The summed E-state index contributed by atoms with van der Waals surface area (Å²) in [6, 6.07) is 23.1. The van der Waals surface area contributed by atoms with E-state index in [4.69, 9.17) is 4.74 Å². The molecule has 1 aromatic heterocycles. The number of carbonyl (C=O) groups is 1. The lowest BCUT2D eigenvalue weighted by atomic mass is 10.2. The van der Waals surface area contributed by atoms with Gasteiger partial charge in [0, 0.05) is 22.6 Å². The number of ether oxygens (including phenoxy) is 1. The fraction of sp³-hybridized carbons (Fsp3) is 0.200. The molecule has 0 spiro atoms. The number of hydrogen-bond acceptors (Lipinski definition) is 5. The molecule has 0 aliphatic rings. The average molecular weight is 545 g/mol. The highest BCUT2D eigenvalue weighted by atomic mass is 32.2. The Morgan fingerprint density at radius 2 is 1.64 bits per heavy atom. The van der Waals surface area contributed by atoms with E-state index in [0.29, 0.717) is 11.4 Å². The van der Waals surface area contributed by atoms with Gasteiger partial charge in [-0.3, -0.25) is 9.10 Å². The highest BCUT2D eigenvalue weighted by Crippen LogP contribution is 2.26. The zero-order valence-corrected chi connectivity index (χ0v) is 23.5. The number of methoxy groups -OCH3 is 1. The number of rotatable bonds is 9. The molecule has 0 unspecified atom stereocenters. The summed E-state index contributed by atoms with van der Waals surface area (Å²) in [6.07, 6.45) is 1.57. The predicted octanol–water partition coefficient (Wildman–Crippen LogP) is 5.07. The van der Waals surface area contributed by atoms with E-state index in [1.54, 1.807) is 42.6 Å². The number of hydrogen-bond donors (Lipinski definition) is 1. The Balaban J connectivity index is 1.56. The number of benzene rings is 3. The van der Waals surface area contributed by atoms with Crippen LogP contribution in [0.1, 0.15) is 28.1 Å². The van der Waals surface area contributed by atoms with Crippen molar-refractivity contribution >= 4 is 27.8 Å². The molecule has 0 saturated heterocycles. The second-order valence-corrected chi connectivity index (χ2v) is 11.1. The first-order valence-corrected chi connectivity index (χ1v) is 13.9. The Bertz CT molecular complexity index is 1610. The molecule has 8 nitrogen and oxygen atoms in total. The highest BCUT2D eigenvalue weighted by molar-refractivity contribution is 7.92. The molecule has 0 saturated carbocycles. The third kappa shape index (κ3) is 6.04. The monoisotopic (exact) mass is 544 g/mol. The summed E-state index contributed by atoms with van der Waals surface area (Å²) < 4.78 is 35.5. The maximum atomic E-state index is 13.5. The van der Waals surface area contributed by atoms with Crippen LogP contribution in [-0.2, 0) is 14.8 Å². The molecular formula is C30H32N4O4S. The Morgan fingerprint density at radius 3 is 2.28 bits per heavy atom. The number of nitrogens with one attached hydrogen (secondary N) is 1. The van der Waals surface area contributed by atoms with E-state index in [0.717, 1.165) is 38.1 Å². The number of nitrogens with zero attached hydrogens (tertiary/aromatic N) is 3. The summed E-state index contributed by atoms with van der Waals surface area (Å²) in [4.78, 5) is 13.0. The van der Waals surface area contributed by atoms with Crippen molar-refractivity contribution in [2.75, 3.05) is 18.0 Å². The topological polar surface area (TPSA) is 93.0 Å². The van der Waals surface area contributed by atoms with E-state index in [1.165, 1.54) is 19.2 Å². The molecule has 4 aromatic rings. The second kappa shape index (κ2) is 11.6. The van der Waals surface area contributed by atoms with Gasteiger partial charge in [-0.05, 0) is 81.8 Å². The summed E-state index contributed by atoms with van der Waals surface area (Å²) in [5.41, 5.74) is 8.81. The summed E-state index contributed by atoms with van der Waals surface area (Å²) in [5.74, 6) is -0.00533. The number of hydrazone groups is 1. The summed E-state index contributed by atoms with van der Waals surface area (Å²) >= 11 is 0. The van der Waals surface area contributed by atoms with Crippen molar-refractivity contribution in [3.05, 3.63) is 107 Å². The first kappa shape index (κ1) is 27.7. The lowest BCUT2D eigenvalue weighted by Crippen LogP contribution is -2.39. The molecular weight excluding hydrogens is 512 g/mol. The van der Waals surface area contributed by atoms with Crippen LogP contribution in [0, 0.1) is 27.7 Å². The van der Waals surface area contributed by atoms with E-state index in [2.05, 4.69) is 34.2 Å². The molecule has 1 heterocycles. The molecule has 0 bridgehead atoms. The molecule has 39 heavy (non-hydrogen) atoms. The fourth-order valence-corrected chi connectivity index (χ4v) is 5.76. The third-order valence-electron chi connectivity index (χ3n) is 6.48. The van der Waals surface area contributed by atoms with E-state index >= 15 is 0 Å². The minimum absolute atomic E-state index is 0.0869. The van der Waals surface area contributed by atoms with Crippen molar-refractivity contribution in [1.29, 1.82) is 0 Å². The number of sulfonamides is 1. The Morgan fingerprint density at radius 1 is 0.974 bits per heavy atom. The quantitative estimate of drug-likeness (QED) is 0.235.